The smallest absolute Gasteiger partial charge is 0.326 e. The van der Waals surface area contributed by atoms with E-state index in [1.54, 1.807) is 6.20 Å². The number of unbranched alkanes of at least 4 members (excludes halogenated alkanes) is 23. The number of aromatic amines is 2. The molecule has 2 heterocycles. The number of allylic oxidation sites excluding steroid dienone is 4. The number of amides is 6. The van der Waals surface area contributed by atoms with E-state index >= 15 is 0 Å². The van der Waals surface area contributed by atoms with Gasteiger partial charge >= 0.3 is 5.97 Å². The number of carbonyl (C=O) groups excluding carboxylic acids is 6. The third kappa shape index (κ3) is 35.6. The highest BCUT2D eigenvalue weighted by molar-refractivity contribution is 7.80. The van der Waals surface area contributed by atoms with Crippen LogP contribution in [0.5, 0.6) is 0 Å². The van der Waals surface area contributed by atoms with Crippen LogP contribution in [0.25, 0.3) is 0 Å². The second kappa shape index (κ2) is 47.5. The van der Waals surface area contributed by atoms with Crippen molar-refractivity contribution in [2.75, 3.05) is 18.1 Å². The summed E-state index contributed by atoms with van der Waals surface area (Å²) in [4.78, 5) is 106. The monoisotopic (exact) mass is 1150 g/mol. The minimum Gasteiger partial charge on any atom is -0.480 e. The van der Waals surface area contributed by atoms with E-state index in [1.807, 2.05) is 0 Å². The quantitative estimate of drug-likeness (QED) is 0.0170. The number of aliphatic carboxylic acids is 1. The van der Waals surface area contributed by atoms with Crippen LogP contribution >= 0.6 is 25.3 Å². The van der Waals surface area contributed by atoms with Gasteiger partial charge in [0.05, 0.1) is 12.7 Å². The maximum atomic E-state index is 13.7. The van der Waals surface area contributed by atoms with E-state index in [0.29, 0.717) is 30.7 Å². The molecule has 9 N–H and O–H groups in total. The molecule has 0 bridgehead atoms. The van der Waals surface area contributed by atoms with Gasteiger partial charge in [-0.2, -0.15) is 25.3 Å². The molecular weight excluding hydrogens is 1050 g/mol. The predicted molar refractivity (Wildman–Crippen MR) is 325 cm³/mol. The van der Waals surface area contributed by atoms with Crippen molar-refractivity contribution in [1.82, 2.24) is 51.8 Å². The number of thiol groups is 2. The Kier molecular flexibility index (Phi) is 42.2. The van der Waals surface area contributed by atoms with Crippen LogP contribution < -0.4 is 31.9 Å². The lowest BCUT2D eigenvalue weighted by molar-refractivity contribution is -0.142. The van der Waals surface area contributed by atoms with Crippen LogP contribution in [0.3, 0.4) is 0 Å². The highest BCUT2D eigenvalue weighted by atomic mass is 32.1. The van der Waals surface area contributed by atoms with Crippen molar-refractivity contribution < 1.29 is 38.7 Å². The maximum Gasteiger partial charge on any atom is 0.326 e. The number of carbonyl (C=O) groups is 7. The normalized spacial score (nSPS) is 13.3. The molecule has 452 valence electrons. The molecule has 0 aliphatic carbocycles. The standard InChI is InChI=1S/C60H102N10O8S2/c1-3-5-7-9-11-13-15-17-19-21-23-25-27-29-31-36-54(71)66-52(43-79)58(75)69-50(39-47-41-61-45-64-47)56(73)63-38-34-33-35-49(60(77)78)68-57(74)51(40-48-42-62-46-65-48)70-59(76)53(44-80)67-55(72)37-32-30-28-26-24-22-20-18-16-14-12-10-8-6-4-2/h17-20,41-42,45-46,49-53,79-80H,3-16,21-40,43-44H2,1-2H3,(H,61,64)(H,62,65)(H,63,73)(H,66,71)(H,67,72)(H,68,74)(H,69,75)(H,70,76)(H,77,78)/b19-17-,20-18-/t49-,50-,51-,52-,53-/m0/s1. The van der Waals surface area contributed by atoms with Gasteiger partial charge in [-0.1, -0.05) is 141 Å². The number of nitrogens with zero attached hydrogens (tertiary/aromatic N) is 2. The molecule has 2 aromatic heterocycles. The van der Waals surface area contributed by atoms with Gasteiger partial charge in [-0.05, 0) is 83.5 Å². The Balaban J connectivity index is 1.80. The van der Waals surface area contributed by atoms with Gasteiger partial charge in [-0.25, -0.2) is 14.8 Å². The summed E-state index contributed by atoms with van der Waals surface area (Å²) in [6.07, 6.45) is 46.0. The number of hydrogen-bond donors (Lipinski definition) is 11. The summed E-state index contributed by atoms with van der Waals surface area (Å²) in [5.41, 5.74) is 1.11. The van der Waals surface area contributed by atoms with Gasteiger partial charge in [0.15, 0.2) is 0 Å². The first-order valence-corrected chi connectivity index (χ1v) is 31.6. The van der Waals surface area contributed by atoms with Crippen molar-refractivity contribution in [3.8, 4) is 0 Å². The lowest BCUT2D eigenvalue weighted by Crippen LogP contribution is -2.57. The fraction of sp³-hybridized carbons (Fsp3) is 0.717. The van der Waals surface area contributed by atoms with E-state index in [2.05, 4.69) is 115 Å². The number of imidazole rings is 2. The highest BCUT2D eigenvalue weighted by Gasteiger charge is 2.30. The lowest BCUT2D eigenvalue weighted by Gasteiger charge is -2.24. The average molecular weight is 1160 g/mol. The second-order valence-corrected chi connectivity index (χ2v) is 21.9. The van der Waals surface area contributed by atoms with Crippen molar-refractivity contribution in [2.24, 2.45) is 0 Å². The van der Waals surface area contributed by atoms with Gasteiger partial charge in [0.25, 0.3) is 0 Å². The lowest BCUT2D eigenvalue weighted by atomic mass is 10.1. The number of nitrogens with one attached hydrogen (secondary N) is 8. The van der Waals surface area contributed by atoms with Gasteiger partial charge < -0.3 is 47.0 Å². The second-order valence-electron chi connectivity index (χ2n) is 21.1. The first-order valence-electron chi connectivity index (χ1n) is 30.4. The van der Waals surface area contributed by atoms with Crippen LogP contribution in [-0.4, -0.2) is 115 Å². The van der Waals surface area contributed by atoms with Gasteiger partial charge in [-0.15, -0.1) is 0 Å². The van der Waals surface area contributed by atoms with Crippen LogP contribution in [0.2, 0.25) is 0 Å². The van der Waals surface area contributed by atoms with Crippen molar-refractivity contribution in [1.29, 1.82) is 0 Å². The Labute approximate surface area is 489 Å². The molecule has 2 rings (SSSR count). The Bertz CT molecular complexity index is 2020. The van der Waals surface area contributed by atoms with Gasteiger partial charge in [0, 0.05) is 67.5 Å². The molecule has 0 aromatic carbocycles. The summed E-state index contributed by atoms with van der Waals surface area (Å²) in [5, 5.41) is 26.4. The number of rotatable bonds is 51. The van der Waals surface area contributed by atoms with Crippen molar-refractivity contribution >= 4 is 66.7 Å². The summed E-state index contributed by atoms with van der Waals surface area (Å²) in [7, 11) is 0. The van der Waals surface area contributed by atoms with E-state index in [0.717, 1.165) is 77.0 Å². The molecular formula is C60H102N10O8S2. The first kappa shape index (κ1) is 71.0. The first-order chi connectivity index (χ1) is 38.9. The molecule has 0 radical (unpaired) electrons. The van der Waals surface area contributed by atoms with Gasteiger partial charge in [0.2, 0.25) is 35.4 Å². The molecule has 0 unspecified atom stereocenters. The molecule has 0 fully saturated rings. The zero-order valence-electron chi connectivity index (χ0n) is 48.6. The molecule has 18 nitrogen and oxygen atoms in total. The number of aromatic nitrogens is 4. The summed E-state index contributed by atoms with van der Waals surface area (Å²) >= 11 is 8.62. The summed E-state index contributed by atoms with van der Waals surface area (Å²) in [5.74, 6) is -4.30. The van der Waals surface area contributed by atoms with E-state index in [4.69, 9.17) is 0 Å². The molecule has 0 spiro atoms. The number of H-pyrrole nitrogens is 2. The molecule has 0 saturated heterocycles. The molecule has 2 aromatic rings. The topological polar surface area (TPSA) is 269 Å². The van der Waals surface area contributed by atoms with Gasteiger partial charge in [0.1, 0.15) is 30.2 Å². The predicted octanol–water partition coefficient (Wildman–Crippen LogP) is 9.65. The Morgan fingerprint density at radius 1 is 0.463 bits per heavy atom. The fourth-order valence-electron chi connectivity index (χ4n) is 9.17. The minimum absolute atomic E-state index is 0.00196. The number of hydrogen-bond acceptors (Lipinski definition) is 11. The van der Waals surface area contributed by atoms with E-state index in [-0.39, 0.29) is 68.4 Å². The van der Waals surface area contributed by atoms with Crippen molar-refractivity contribution in [3.05, 3.63) is 60.7 Å². The van der Waals surface area contributed by atoms with Crippen LogP contribution in [0.1, 0.15) is 224 Å². The Morgan fingerprint density at radius 3 is 1.20 bits per heavy atom. The Morgan fingerprint density at radius 2 is 0.825 bits per heavy atom. The van der Waals surface area contributed by atoms with Crippen molar-refractivity contribution in [2.45, 2.75) is 256 Å². The van der Waals surface area contributed by atoms with E-state index in [9.17, 15) is 38.7 Å². The van der Waals surface area contributed by atoms with Gasteiger partial charge in [-0.3, -0.25) is 28.8 Å². The van der Waals surface area contributed by atoms with Crippen LogP contribution in [0, 0.1) is 0 Å². The molecule has 0 aliphatic heterocycles. The summed E-state index contributed by atoms with van der Waals surface area (Å²) in [6.45, 7) is 4.60. The molecule has 0 aliphatic rings. The Hall–Kier alpha value is -5.11. The molecule has 6 amide bonds. The van der Waals surface area contributed by atoms with Crippen LogP contribution in [0.4, 0.5) is 0 Å². The summed E-state index contributed by atoms with van der Waals surface area (Å²) < 4.78 is 0. The average Bonchev–Trinajstić information content (AvgIpc) is 4.18. The molecule has 0 saturated carbocycles. The molecule has 5 atom stereocenters. The SMILES string of the molecule is CCCCCCCC/C=C\CCCCCCCC(=O)N[C@@H](CS)C(=O)N[C@@H](Cc1cnc[nH]1)C(=O)NCCCC[C@H](NC(=O)[C@H](Cc1cnc[nH]1)NC(=O)[C@H](CS)NC(=O)CCCCCCC/C=C\CCCCCCCC)C(=O)O. The number of carboxylic acids is 1. The van der Waals surface area contributed by atoms with Crippen LogP contribution in [0.15, 0.2) is 49.4 Å². The maximum absolute atomic E-state index is 13.7. The fourth-order valence-corrected chi connectivity index (χ4v) is 9.68. The molecule has 20 heteroatoms. The molecule has 80 heavy (non-hydrogen) atoms. The third-order valence-electron chi connectivity index (χ3n) is 14.1. The zero-order valence-corrected chi connectivity index (χ0v) is 50.3. The van der Waals surface area contributed by atoms with E-state index in [1.165, 1.54) is 95.9 Å². The zero-order chi connectivity index (χ0) is 58.3. The van der Waals surface area contributed by atoms with E-state index < -0.39 is 59.8 Å². The third-order valence-corrected chi connectivity index (χ3v) is 14.8. The van der Waals surface area contributed by atoms with Crippen molar-refractivity contribution in [3.63, 3.8) is 0 Å². The minimum atomic E-state index is -1.33. The van der Waals surface area contributed by atoms with Crippen LogP contribution in [-0.2, 0) is 46.4 Å². The highest BCUT2D eigenvalue weighted by Crippen LogP contribution is 2.13. The number of carboxylic acid groups (broad SMARTS) is 1. The summed E-state index contributed by atoms with van der Waals surface area (Å²) in [6, 6.07) is -5.59. The largest absolute Gasteiger partial charge is 0.480 e.